The molecule has 1 heterocycles. The van der Waals surface area contributed by atoms with Crippen molar-refractivity contribution in [3.8, 4) is 0 Å². The molecular weight excluding hydrogens is 274 g/mol. The van der Waals surface area contributed by atoms with E-state index in [1.807, 2.05) is 0 Å². The number of hydrogen-bond donors (Lipinski definition) is 1. The fourth-order valence-electron chi connectivity index (χ4n) is 2.47. The van der Waals surface area contributed by atoms with Crippen molar-refractivity contribution in [3.63, 3.8) is 0 Å². The molecule has 0 aromatic rings. The van der Waals surface area contributed by atoms with Crippen LogP contribution in [-0.2, 0) is 23.9 Å². The van der Waals surface area contributed by atoms with Crippen LogP contribution in [0.3, 0.4) is 0 Å². The lowest BCUT2D eigenvalue weighted by Gasteiger charge is -2.36. The Balaban J connectivity index is 2.24. The first-order valence-electron chi connectivity index (χ1n) is 7.65. The lowest BCUT2D eigenvalue weighted by atomic mass is 9.87. The van der Waals surface area contributed by atoms with Gasteiger partial charge >= 0.3 is 11.9 Å². The van der Waals surface area contributed by atoms with Gasteiger partial charge in [-0.3, -0.25) is 14.4 Å². The first kappa shape index (κ1) is 17.5. The molecule has 1 fully saturated rings. The van der Waals surface area contributed by atoms with Gasteiger partial charge in [-0.1, -0.05) is 32.6 Å². The van der Waals surface area contributed by atoms with E-state index in [1.54, 1.807) is 6.92 Å². The molecule has 0 aromatic heterocycles. The van der Waals surface area contributed by atoms with Gasteiger partial charge in [-0.25, -0.2) is 0 Å². The minimum atomic E-state index is -0.486. The lowest BCUT2D eigenvalue weighted by molar-refractivity contribution is -0.189. The second-order valence-corrected chi connectivity index (χ2v) is 5.47. The zero-order chi connectivity index (χ0) is 15.7. The fraction of sp³-hybridized carbons (Fsp3) is 0.800. The highest BCUT2D eigenvalue weighted by molar-refractivity contribution is 5.78. The number of hydrogen-bond acceptors (Lipinski definition) is 5. The van der Waals surface area contributed by atoms with E-state index >= 15 is 0 Å². The molecule has 0 unspecified atom stereocenters. The average molecular weight is 299 g/mol. The monoisotopic (exact) mass is 299 g/mol. The van der Waals surface area contributed by atoms with Crippen molar-refractivity contribution >= 4 is 18.3 Å². The van der Waals surface area contributed by atoms with E-state index in [-0.39, 0.29) is 30.6 Å². The summed E-state index contributed by atoms with van der Waals surface area (Å²) in [7, 11) is 0. The summed E-state index contributed by atoms with van der Waals surface area (Å²) < 4.78 is 10.3. The maximum Gasteiger partial charge on any atom is 0.325 e. The van der Waals surface area contributed by atoms with Gasteiger partial charge in [0.05, 0.1) is 5.92 Å². The molecule has 0 aliphatic carbocycles. The number of rotatable bonds is 11. The quantitative estimate of drug-likeness (QED) is 0.356. The number of nitrogens with one attached hydrogen (secondary N) is 1. The number of amides is 1. The van der Waals surface area contributed by atoms with Crippen molar-refractivity contribution in [2.45, 2.75) is 64.6 Å². The molecule has 1 saturated heterocycles. The normalized spacial score (nSPS) is 21.9. The Morgan fingerprint density at radius 2 is 2.19 bits per heavy atom. The largest absolute Gasteiger partial charge is 0.461 e. The predicted molar refractivity (Wildman–Crippen MR) is 76.4 cm³/mol. The summed E-state index contributed by atoms with van der Waals surface area (Å²) in [6, 6.07) is 0. The molecule has 120 valence electrons. The van der Waals surface area contributed by atoms with Crippen LogP contribution in [0.1, 0.15) is 52.4 Å². The van der Waals surface area contributed by atoms with E-state index in [0.717, 1.165) is 19.3 Å². The van der Waals surface area contributed by atoms with Crippen LogP contribution >= 0.6 is 0 Å². The van der Waals surface area contributed by atoms with Crippen LogP contribution in [0.5, 0.6) is 0 Å². The van der Waals surface area contributed by atoms with Crippen molar-refractivity contribution in [3.05, 3.63) is 0 Å². The van der Waals surface area contributed by atoms with Gasteiger partial charge in [-0.15, -0.1) is 0 Å². The van der Waals surface area contributed by atoms with E-state index < -0.39 is 5.97 Å². The second-order valence-electron chi connectivity index (χ2n) is 5.47. The molecule has 0 aromatic carbocycles. The van der Waals surface area contributed by atoms with Gasteiger partial charge in [0.1, 0.15) is 18.8 Å². The molecule has 6 nitrogen and oxygen atoms in total. The van der Waals surface area contributed by atoms with Gasteiger partial charge in [0, 0.05) is 6.42 Å². The molecule has 0 bridgehead atoms. The third-order valence-electron chi connectivity index (χ3n) is 3.61. The Bertz CT molecular complexity index is 358. The van der Waals surface area contributed by atoms with Gasteiger partial charge < -0.3 is 14.8 Å². The predicted octanol–water partition coefficient (Wildman–Crippen LogP) is 1.57. The summed E-state index contributed by atoms with van der Waals surface area (Å²) in [4.78, 5) is 32.9. The maximum absolute atomic E-state index is 11.5. The van der Waals surface area contributed by atoms with E-state index in [1.165, 1.54) is 12.8 Å². The topological polar surface area (TPSA) is 81.7 Å². The molecule has 6 heteroatoms. The number of carbonyl (C=O) groups excluding carboxylic acids is 3. The highest BCUT2D eigenvalue weighted by Gasteiger charge is 2.42. The number of esters is 2. The van der Waals surface area contributed by atoms with Crippen molar-refractivity contribution < 1.29 is 23.9 Å². The number of unbranched alkanes of at least 4 members (excludes halogenated alkanes) is 3. The summed E-state index contributed by atoms with van der Waals surface area (Å²) in [5, 5.41) is 2.25. The van der Waals surface area contributed by atoms with E-state index in [0.29, 0.717) is 12.8 Å². The summed E-state index contributed by atoms with van der Waals surface area (Å²) in [5.74, 6) is -0.687. The molecule has 3 atom stereocenters. The fourth-order valence-corrected chi connectivity index (χ4v) is 2.47. The van der Waals surface area contributed by atoms with Gasteiger partial charge in [0.2, 0.25) is 6.41 Å². The van der Waals surface area contributed by atoms with E-state index in [9.17, 15) is 14.4 Å². The van der Waals surface area contributed by atoms with Crippen LogP contribution < -0.4 is 5.32 Å². The van der Waals surface area contributed by atoms with Crippen LogP contribution in [0, 0.1) is 5.92 Å². The molecule has 1 N–H and O–H groups in total. The molecule has 21 heavy (non-hydrogen) atoms. The van der Waals surface area contributed by atoms with Crippen LogP contribution in [0.4, 0.5) is 0 Å². The third-order valence-corrected chi connectivity index (χ3v) is 3.61. The zero-order valence-corrected chi connectivity index (χ0v) is 12.8. The first-order chi connectivity index (χ1) is 10.1. The van der Waals surface area contributed by atoms with Crippen LogP contribution in [-0.4, -0.2) is 37.1 Å². The third kappa shape index (κ3) is 6.14. The smallest absolute Gasteiger partial charge is 0.325 e. The van der Waals surface area contributed by atoms with Crippen LogP contribution in [0.2, 0.25) is 0 Å². The SMILES string of the molecule is CCCCCC[C@@H]1C(=O)O[C@H]1C[C@@H](C)OC(=O)CNC=O. The number of cyclic esters (lactones) is 1. The number of ether oxygens (including phenoxy) is 2. The Hall–Kier alpha value is -1.59. The molecule has 1 aliphatic rings. The van der Waals surface area contributed by atoms with Gasteiger partial charge in [0.25, 0.3) is 0 Å². The summed E-state index contributed by atoms with van der Waals surface area (Å²) >= 11 is 0. The number of carbonyl (C=O) groups is 3. The van der Waals surface area contributed by atoms with Crippen molar-refractivity contribution in [2.24, 2.45) is 5.92 Å². The Morgan fingerprint density at radius 3 is 2.81 bits per heavy atom. The maximum atomic E-state index is 11.5. The molecule has 1 rings (SSSR count). The summed E-state index contributed by atoms with van der Waals surface area (Å²) in [5.41, 5.74) is 0. The highest BCUT2D eigenvalue weighted by atomic mass is 16.6. The minimum Gasteiger partial charge on any atom is -0.461 e. The molecular formula is C15H25NO5. The minimum absolute atomic E-state index is 0.0592. The van der Waals surface area contributed by atoms with Crippen molar-refractivity contribution in [1.29, 1.82) is 0 Å². The molecule has 1 amide bonds. The standard InChI is InChI=1S/C15H25NO5/c1-3-4-5-6-7-12-13(21-15(12)19)8-11(2)20-14(18)9-16-10-17/h10-13H,3-9H2,1-2H3,(H,16,17)/t11-,12+,13+/m1/s1. The molecule has 0 radical (unpaired) electrons. The van der Waals surface area contributed by atoms with Crippen molar-refractivity contribution in [2.75, 3.05) is 6.54 Å². The van der Waals surface area contributed by atoms with Crippen LogP contribution in [0.25, 0.3) is 0 Å². The molecule has 0 saturated carbocycles. The Kier molecular flexibility index (Phi) is 7.79. The summed E-state index contributed by atoms with van der Waals surface area (Å²) in [6.07, 6.45) is 5.84. The molecule has 1 aliphatic heterocycles. The summed E-state index contributed by atoms with van der Waals surface area (Å²) in [6.45, 7) is 3.77. The van der Waals surface area contributed by atoms with Gasteiger partial charge in [0.15, 0.2) is 0 Å². The van der Waals surface area contributed by atoms with Gasteiger partial charge in [-0.05, 0) is 13.3 Å². The van der Waals surface area contributed by atoms with Gasteiger partial charge in [-0.2, -0.15) is 0 Å². The van der Waals surface area contributed by atoms with Crippen molar-refractivity contribution in [1.82, 2.24) is 5.32 Å². The second kappa shape index (κ2) is 9.37. The van der Waals surface area contributed by atoms with E-state index in [4.69, 9.17) is 9.47 Å². The van der Waals surface area contributed by atoms with E-state index in [2.05, 4.69) is 12.2 Å². The first-order valence-corrected chi connectivity index (χ1v) is 7.65. The Morgan fingerprint density at radius 1 is 1.43 bits per heavy atom. The Labute approximate surface area is 125 Å². The highest BCUT2D eigenvalue weighted by Crippen LogP contribution is 2.31. The lowest BCUT2D eigenvalue weighted by Crippen LogP contribution is -2.47. The zero-order valence-electron chi connectivity index (χ0n) is 12.8. The van der Waals surface area contributed by atoms with Crippen LogP contribution in [0.15, 0.2) is 0 Å². The average Bonchev–Trinajstić information content (AvgIpc) is 2.44. The molecule has 0 spiro atoms.